The van der Waals surface area contributed by atoms with Crippen molar-refractivity contribution in [2.24, 2.45) is 5.92 Å². The zero-order valence-electron chi connectivity index (χ0n) is 13.0. The van der Waals surface area contributed by atoms with Crippen molar-refractivity contribution in [2.45, 2.75) is 32.0 Å². The Morgan fingerprint density at radius 2 is 2.09 bits per heavy atom. The van der Waals surface area contributed by atoms with Crippen molar-refractivity contribution in [3.05, 3.63) is 24.3 Å². The molecule has 1 saturated carbocycles. The van der Waals surface area contributed by atoms with Crippen molar-refractivity contribution >= 4 is 11.6 Å². The molecule has 1 aromatic rings. The highest BCUT2D eigenvalue weighted by Crippen LogP contribution is 2.26. The largest absolute Gasteiger partial charge is 0.435 e. The molecule has 0 spiro atoms. The van der Waals surface area contributed by atoms with Crippen LogP contribution in [-0.4, -0.2) is 48.8 Å². The number of nitrogens with zero attached hydrogens (tertiary/aromatic N) is 1. The van der Waals surface area contributed by atoms with Crippen LogP contribution in [0.3, 0.4) is 0 Å². The number of rotatable bonds is 7. The molecule has 2 N–H and O–H groups in total. The van der Waals surface area contributed by atoms with Crippen LogP contribution in [0.1, 0.15) is 19.3 Å². The van der Waals surface area contributed by atoms with Gasteiger partial charge in [-0.2, -0.15) is 8.78 Å². The van der Waals surface area contributed by atoms with Gasteiger partial charge in [0.15, 0.2) is 0 Å². The summed E-state index contributed by atoms with van der Waals surface area (Å²) in [7, 11) is 1.84. The maximum Gasteiger partial charge on any atom is 0.387 e. The number of alkyl halides is 2. The number of aliphatic hydroxyl groups is 1. The first kappa shape index (κ1) is 17.6. The number of nitrogens with one attached hydrogen (secondary N) is 1. The normalized spacial score (nSPS) is 21.0. The van der Waals surface area contributed by atoms with Crippen LogP contribution >= 0.6 is 0 Å². The lowest BCUT2D eigenvalue weighted by Crippen LogP contribution is -2.35. The third-order valence-electron chi connectivity index (χ3n) is 3.94. The fourth-order valence-electron chi connectivity index (χ4n) is 2.86. The van der Waals surface area contributed by atoms with Crippen LogP contribution in [0.5, 0.6) is 5.75 Å². The van der Waals surface area contributed by atoms with E-state index in [0.717, 1.165) is 19.3 Å². The third kappa shape index (κ3) is 5.76. The molecule has 0 saturated heterocycles. The van der Waals surface area contributed by atoms with Gasteiger partial charge in [-0.1, -0.05) is 6.42 Å². The standard InChI is InChI=1S/C16H22F2N2O3/c1-20(9-11-3-2-4-14(11)21)10-15(22)19-12-5-7-13(8-6-12)23-16(17)18/h5-8,11,14,16,21H,2-4,9-10H2,1H3,(H,19,22). The second kappa shape index (κ2) is 8.21. The number of aliphatic hydroxyl groups excluding tert-OH is 1. The Hall–Kier alpha value is -1.73. The summed E-state index contributed by atoms with van der Waals surface area (Å²) in [6, 6.07) is 5.77. The number of carbonyl (C=O) groups is 1. The van der Waals surface area contributed by atoms with Crippen LogP contribution in [-0.2, 0) is 4.79 Å². The van der Waals surface area contributed by atoms with E-state index in [2.05, 4.69) is 10.1 Å². The van der Waals surface area contributed by atoms with E-state index in [0.29, 0.717) is 12.2 Å². The van der Waals surface area contributed by atoms with E-state index in [9.17, 15) is 18.7 Å². The van der Waals surface area contributed by atoms with Crippen molar-refractivity contribution in [2.75, 3.05) is 25.5 Å². The van der Waals surface area contributed by atoms with Gasteiger partial charge in [0.1, 0.15) is 5.75 Å². The van der Waals surface area contributed by atoms with E-state index in [1.54, 1.807) is 0 Å². The van der Waals surface area contributed by atoms with Crippen LogP contribution < -0.4 is 10.1 Å². The Labute approximate surface area is 134 Å². The van der Waals surface area contributed by atoms with E-state index in [4.69, 9.17) is 0 Å². The quantitative estimate of drug-likeness (QED) is 0.806. The molecule has 2 atom stereocenters. The molecule has 5 nitrogen and oxygen atoms in total. The number of anilines is 1. The minimum atomic E-state index is -2.87. The fourth-order valence-corrected chi connectivity index (χ4v) is 2.86. The molecule has 23 heavy (non-hydrogen) atoms. The average molecular weight is 328 g/mol. The van der Waals surface area contributed by atoms with Crippen LogP contribution in [0.4, 0.5) is 14.5 Å². The fraction of sp³-hybridized carbons (Fsp3) is 0.562. The maximum absolute atomic E-state index is 12.1. The lowest BCUT2D eigenvalue weighted by molar-refractivity contribution is -0.117. The minimum Gasteiger partial charge on any atom is -0.435 e. The van der Waals surface area contributed by atoms with Crippen molar-refractivity contribution in [1.29, 1.82) is 0 Å². The molecule has 0 radical (unpaired) electrons. The molecule has 7 heteroatoms. The molecule has 0 bridgehead atoms. The Morgan fingerprint density at radius 1 is 1.39 bits per heavy atom. The first-order chi connectivity index (χ1) is 10.9. The van der Waals surface area contributed by atoms with Gasteiger partial charge in [0, 0.05) is 12.2 Å². The summed E-state index contributed by atoms with van der Waals surface area (Å²) < 4.78 is 28.4. The van der Waals surface area contributed by atoms with Gasteiger partial charge in [-0.15, -0.1) is 0 Å². The lowest BCUT2D eigenvalue weighted by Gasteiger charge is -2.22. The topological polar surface area (TPSA) is 61.8 Å². The molecule has 2 rings (SSSR count). The predicted octanol–water partition coefficient (Wildman–Crippen LogP) is 2.32. The number of hydrogen-bond donors (Lipinski definition) is 2. The first-order valence-electron chi connectivity index (χ1n) is 7.65. The number of carbonyl (C=O) groups excluding carboxylic acids is 1. The molecule has 1 aromatic carbocycles. The van der Waals surface area contributed by atoms with Gasteiger partial charge >= 0.3 is 6.61 Å². The highest BCUT2D eigenvalue weighted by atomic mass is 19.3. The van der Waals surface area contributed by atoms with Crippen molar-refractivity contribution in [3.63, 3.8) is 0 Å². The van der Waals surface area contributed by atoms with E-state index in [1.807, 2.05) is 11.9 Å². The van der Waals surface area contributed by atoms with Gasteiger partial charge in [-0.05, 0) is 50.1 Å². The van der Waals surface area contributed by atoms with Crippen molar-refractivity contribution in [1.82, 2.24) is 4.90 Å². The Morgan fingerprint density at radius 3 is 2.65 bits per heavy atom. The highest BCUT2D eigenvalue weighted by molar-refractivity contribution is 5.92. The minimum absolute atomic E-state index is 0.0466. The molecular formula is C16H22F2N2O3. The molecule has 1 aliphatic carbocycles. The molecule has 128 valence electrons. The summed E-state index contributed by atoms with van der Waals surface area (Å²) in [6.45, 7) is -1.98. The maximum atomic E-state index is 12.1. The zero-order valence-corrected chi connectivity index (χ0v) is 13.0. The molecule has 1 aliphatic rings. The second-order valence-corrected chi connectivity index (χ2v) is 5.91. The van der Waals surface area contributed by atoms with Crippen LogP contribution in [0, 0.1) is 5.92 Å². The van der Waals surface area contributed by atoms with Crippen molar-refractivity contribution < 1.29 is 23.4 Å². The zero-order chi connectivity index (χ0) is 16.8. The summed E-state index contributed by atoms with van der Waals surface area (Å²) >= 11 is 0. The number of hydrogen-bond acceptors (Lipinski definition) is 4. The SMILES string of the molecule is CN(CC(=O)Nc1ccc(OC(F)F)cc1)CC1CCCC1O. The number of amides is 1. The smallest absolute Gasteiger partial charge is 0.387 e. The lowest BCUT2D eigenvalue weighted by atomic mass is 10.1. The summed E-state index contributed by atoms with van der Waals surface area (Å²) in [5, 5.41) is 12.5. The van der Waals surface area contributed by atoms with E-state index in [-0.39, 0.29) is 30.2 Å². The summed E-state index contributed by atoms with van der Waals surface area (Å²) in [6.07, 6.45) is 2.57. The molecule has 1 amide bonds. The molecule has 0 aromatic heterocycles. The number of ether oxygens (including phenoxy) is 1. The monoisotopic (exact) mass is 328 g/mol. The number of halogens is 2. The summed E-state index contributed by atoms with van der Waals surface area (Å²) in [5.74, 6) is 0.0754. The van der Waals surface area contributed by atoms with Crippen molar-refractivity contribution in [3.8, 4) is 5.75 Å². The van der Waals surface area contributed by atoms with Gasteiger partial charge < -0.3 is 15.2 Å². The van der Waals surface area contributed by atoms with Gasteiger partial charge in [-0.25, -0.2) is 0 Å². The Balaban J connectivity index is 1.77. The van der Waals surface area contributed by atoms with Crippen LogP contribution in [0.15, 0.2) is 24.3 Å². The van der Waals surface area contributed by atoms with Crippen LogP contribution in [0.2, 0.25) is 0 Å². The predicted molar refractivity (Wildman–Crippen MR) is 82.5 cm³/mol. The molecule has 0 aliphatic heterocycles. The second-order valence-electron chi connectivity index (χ2n) is 5.91. The van der Waals surface area contributed by atoms with E-state index in [1.165, 1.54) is 24.3 Å². The molecule has 2 unspecified atom stereocenters. The highest BCUT2D eigenvalue weighted by Gasteiger charge is 2.26. The molecular weight excluding hydrogens is 306 g/mol. The van der Waals surface area contributed by atoms with Gasteiger partial charge in [0.05, 0.1) is 12.6 Å². The van der Waals surface area contributed by atoms with Gasteiger partial charge in [-0.3, -0.25) is 9.69 Å². The number of benzene rings is 1. The first-order valence-corrected chi connectivity index (χ1v) is 7.65. The van der Waals surface area contributed by atoms with Gasteiger partial charge in [0.25, 0.3) is 0 Å². The van der Waals surface area contributed by atoms with E-state index >= 15 is 0 Å². The summed E-state index contributed by atoms with van der Waals surface area (Å²) in [4.78, 5) is 13.9. The molecule has 0 heterocycles. The average Bonchev–Trinajstić information content (AvgIpc) is 2.85. The number of likely N-dealkylation sites (N-methyl/N-ethyl adjacent to an activating group) is 1. The Bertz CT molecular complexity index is 511. The summed E-state index contributed by atoms with van der Waals surface area (Å²) in [5.41, 5.74) is 0.519. The van der Waals surface area contributed by atoms with Gasteiger partial charge in [0.2, 0.25) is 5.91 Å². The molecule has 1 fully saturated rings. The van der Waals surface area contributed by atoms with Crippen LogP contribution in [0.25, 0.3) is 0 Å². The van der Waals surface area contributed by atoms with E-state index < -0.39 is 6.61 Å². The third-order valence-corrected chi connectivity index (χ3v) is 3.94. The Kier molecular flexibility index (Phi) is 6.29.